The molecule has 0 bridgehead atoms. The summed E-state index contributed by atoms with van der Waals surface area (Å²) in [5.74, 6) is 1.03. The Balaban J connectivity index is 1.20. The second-order valence-corrected chi connectivity index (χ2v) is 11.1. The summed E-state index contributed by atoms with van der Waals surface area (Å²) in [6.45, 7) is 3.62. The average molecular weight is 586 g/mol. The molecule has 1 aliphatic carbocycles. The number of imidazole rings is 1. The van der Waals surface area contributed by atoms with Gasteiger partial charge in [0.2, 0.25) is 5.95 Å². The van der Waals surface area contributed by atoms with Crippen LogP contribution in [0.5, 0.6) is 0 Å². The molecule has 2 saturated heterocycles. The molecule has 3 fully saturated rings. The standard InChI is InChI=1S/C26H36ClN11O3/c1-40-21-13-36(12-19(21)33-26(39)41-2)17-10-37(11-17)20-6-14(7-28)5-18(22(20)27)32-25-34-23(31-15-3-4-15)24-30-9-16(8-29)38(24)35-25/h5-6,9,15,17,19,21H,3-4,7-8,10-13,28-29H2,1-2H3,(H,33,39)(H2,31,32,34,35)/t19-,21-/m0/s1. The van der Waals surface area contributed by atoms with Crippen LogP contribution in [0, 0.1) is 0 Å². The lowest BCUT2D eigenvalue weighted by atomic mass is 10.0. The van der Waals surface area contributed by atoms with Crippen molar-refractivity contribution in [2.45, 2.75) is 50.2 Å². The number of amides is 1. The van der Waals surface area contributed by atoms with Gasteiger partial charge in [0.1, 0.15) is 0 Å². The molecule has 1 saturated carbocycles. The molecule has 1 aromatic carbocycles. The quantitative estimate of drug-likeness (QED) is 0.231. The normalized spacial score (nSPS) is 21.2. The number of carbonyl (C=O) groups is 1. The van der Waals surface area contributed by atoms with Gasteiger partial charge in [-0.2, -0.15) is 4.98 Å². The SMILES string of the molecule is COC(=O)N[C@H]1CN(C2CN(c3cc(CN)cc(Nc4nc(NC5CC5)c5ncc(CN)n5n4)c3Cl)C2)C[C@@H]1OC. The lowest BCUT2D eigenvalue weighted by Crippen LogP contribution is -2.59. The highest BCUT2D eigenvalue weighted by molar-refractivity contribution is 6.36. The molecule has 0 spiro atoms. The Kier molecular flexibility index (Phi) is 7.74. The van der Waals surface area contributed by atoms with E-state index in [0.29, 0.717) is 59.8 Å². The van der Waals surface area contributed by atoms with Crippen molar-refractivity contribution in [3.8, 4) is 0 Å². The number of carbonyl (C=O) groups excluding carboxylic acids is 1. The number of likely N-dealkylation sites (tertiary alicyclic amines) is 1. The number of nitrogens with zero attached hydrogens (tertiary/aromatic N) is 6. The van der Waals surface area contributed by atoms with Gasteiger partial charge in [-0.3, -0.25) is 4.90 Å². The summed E-state index contributed by atoms with van der Waals surface area (Å²) in [5.41, 5.74) is 15.9. The number of rotatable bonds is 10. The van der Waals surface area contributed by atoms with Crippen LogP contribution in [0.15, 0.2) is 18.3 Å². The lowest BCUT2D eigenvalue weighted by Gasteiger charge is -2.46. The van der Waals surface area contributed by atoms with Gasteiger partial charge < -0.3 is 41.8 Å². The summed E-state index contributed by atoms with van der Waals surface area (Å²) in [6.07, 6.45) is 3.36. The van der Waals surface area contributed by atoms with Crippen molar-refractivity contribution in [2.75, 3.05) is 55.9 Å². The van der Waals surface area contributed by atoms with Gasteiger partial charge in [0.15, 0.2) is 11.5 Å². The fourth-order valence-corrected chi connectivity index (χ4v) is 5.71. The summed E-state index contributed by atoms with van der Waals surface area (Å²) in [6, 6.07) is 4.50. The van der Waals surface area contributed by atoms with Crippen molar-refractivity contribution in [3.63, 3.8) is 0 Å². The van der Waals surface area contributed by atoms with Crippen LogP contribution in [0.2, 0.25) is 5.02 Å². The van der Waals surface area contributed by atoms with Crippen molar-refractivity contribution in [3.05, 3.63) is 34.6 Å². The number of hydrogen-bond acceptors (Lipinski definition) is 12. The van der Waals surface area contributed by atoms with Gasteiger partial charge in [0, 0.05) is 58.5 Å². The Morgan fingerprint density at radius 3 is 2.63 bits per heavy atom. The summed E-state index contributed by atoms with van der Waals surface area (Å²) < 4.78 is 12.1. The number of nitrogens with two attached hydrogens (primary N) is 2. The van der Waals surface area contributed by atoms with Gasteiger partial charge >= 0.3 is 6.09 Å². The number of halogens is 1. The van der Waals surface area contributed by atoms with Crippen LogP contribution in [0.3, 0.4) is 0 Å². The van der Waals surface area contributed by atoms with Crippen LogP contribution in [0.1, 0.15) is 24.1 Å². The molecule has 3 aliphatic rings. The van der Waals surface area contributed by atoms with Gasteiger partial charge in [-0.05, 0) is 30.5 Å². The van der Waals surface area contributed by atoms with Gasteiger partial charge in [-0.15, -0.1) is 5.10 Å². The summed E-state index contributed by atoms with van der Waals surface area (Å²) in [5, 5.41) is 14.9. The minimum Gasteiger partial charge on any atom is -0.453 e. The van der Waals surface area contributed by atoms with E-state index in [1.165, 1.54) is 7.11 Å². The number of alkyl carbamates (subject to hydrolysis) is 1. The Morgan fingerprint density at radius 2 is 1.95 bits per heavy atom. The van der Waals surface area contributed by atoms with E-state index in [1.807, 2.05) is 12.1 Å². The average Bonchev–Trinajstić information content (AvgIpc) is 3.53. The Hall–Kier alpha value is -3.43. The number of nitrogens with one attached hydrogen (secondary N) is 3. The van der Waals surface area contributed by atoms with E-state index in [0.717, 1.165) is 49.4 Å². The van der Waals surface area contributed by atoms with Gasteiger partial charge in [-0.1, -0.05) is 11.6 Å². The van der Waals surface area contributed by atoms with Gasteiger partial charge in [0.05, 0.1) is 47.5 Å². The van der Waals surface area contributed by atoms with E-state index in [2.05, 4.69) is 35.8 Å². The van der Waals surface area contributed by atoms with E-state index in [4.69, 9.17) is 37.5 Å². The van der Waals surface area contributed by atoms with Crippen LogP contribution in [0.4, 0.5) is 27.9 Å². The topological polar surface area (TPSA) is 173 Å². The number of ether oxygens (including phenoxy) is 2. The van der Waals surface area contributed by atoms with Crippen LogP contribution in [-0.2, 0) is 22.6 Å². The first-order chi connectivity index (χ1) is 19.9. The molecule has 7 N–H and O–H groups in total. The Labute approximate surface area is 242 Å². The molecule has 2 aromatic heterocycles. The summed E-state index contributed by atoms with van der Waals surface area (Å²) in [7, 11) is 3.02. The Bertz CT molecular complexity index is 1430. The predicted octanol–water partition coefficient (Wildman–Crippen LogP) is 1.26. The molecule has 6 rings (SSSR count). The molecular weight excluding hydrogens is 550 g/mol. The fraction of sp³-hybridized carbons (Fsp3) is 0.538. The smallest absolute Gasteiger partial charge is 0.407 e. The molecule has 14 nitrogen and oxygen atoms in total. The molecule has 1 amide bonds. The van der Waals surface area contributed by atoms with Gasteiger partial charge in [-0.25, -0.2) is 14.3 Å². The first-order valence-electron chi connectivity index (χ1n) is 13.8. The second-order valence-electron chi connectivity index (χ2n) is 10.7. The molecule has 15 heteroatoms. The van der Waals surface area contributed by atoms with E-state index in [-0.39, 0.29) is 12.1 Å². The van der Waals surface area contributed by atoms with E-state index < -0.39 is 6.09 Å². The molecule has 0 radical (unpaired) electrons. The van der Waals surface area contributed by atoms with Crippen LogP contribution in [-0.4, -0.2) is 95.2 Å². The van der Waals surface area contributed by atoms with Crippen LogP contribution >= 0.6 is 11.6 Å². The first-order valence-corrected chi connectivity index (χ1v) is 14.2. The lowest BCUT2D eigenvalue weighted by molar-refractivity contribution is 0.0812. The van der Waals surface area contributed by atoms with Crippen molar-refractivity contribution >= 4 is 46.5 Å². The fourth-order valence-electron chi connectivity index (χ4n) is 5.44. The molecule has 2 aliphatic heterocycles. The summed E-state index contributed by atoms with van der Waals surface area (Å²) >= 11 is 6.98. The zero-order valence-corrected chi connectivity index (χ0v) is 23.9. The molecule has 0 unspecified atom stereocenters. The molecule has 3 aromatic rings. The van der Waals surface area contributed by atoms with Crippen molar-refractivity contribution in [2.24, 2.45) is 11.5 Å². The minimum atomic E-state index is -0.453. The molecule has 2 atom stereocenters. The second kappa shape index (κ2) is 11.4. The highest BCUT2D eigenvalue weighted by Gasteiger charge is 2.42. The zero-order valence-electron chi connectivity index (χ0n) is 23.1. The zero-order chi connectivity index (χ0) is 28.7. The third-order valence-electron chi connectivity index (χ3n) is 7.96. The van der Waals surface area contributed by atoms with Crippen molar-refractivity contribution < 1.29 is 14.3 Å². The van der Waals surface area contributed by atoms with Crippen LogP contribution in [0.25, 0.3) is 5.65 Å². The number of fused-ring (bicyclic) bond motifs is 1. The van der Waals surface area contributed by atoms with Crippen molar-refractivity contribution in [1.82, 2.24) is 29.8 Å². The van der Waals surface area contributed by atoms with Crippen LogP contribution < -0.4 is 32.3 Å². The highest BCUT2D eigenvalue weighted by atomic mass is 35.5. The molecule has 4 heterocycles. The van der Waals surface area contributed by atoms with Gasteiger partial charge in [0.25, 0.3) is 0 Å². The maximum Gasteiger partial charge on any atom is 0.407 e. The number of methoxy groups -OCH3 is 2. The predicted molar refractivity (Wildman–Crippen MR) is 156 cm³/mol. The first kappa shape index (κ1) is 27.7. The number of benzene rings is 1. The summed E-state index contributed by atoms with van der Waals surface area (Å²) in [4.78, 5) is 25.5. The van der Waals surface area contributed by atoms with E-state index >= 15 is 0 Å². The number of anilines is 4. The number of hydrogen-bond donors (Lipinski definition) is 5. The number of aromatic nitrogens is 4. The molecule has 41 heavy (non-hydrogen) atoms. The van der Waals surface area contributed by atoms with E-state index in [9.17, 15) is 4.79 Å². The Morgan fingerprint density at radius 1 is 1.15 bits per heavy atom. The third-order valence-corrected chi connectivity index (χ3v) is 8.36. The minimum absolute atomic E-state index is 0.102. The molecule has 220 valence electrons. The largest absolute Gasteiger partial charge is 0.453 e. The highest BCUT2D eigenvalue weighted by Crippen LogP contribution is 2.39. The van der Waals surface area contributed by atoms with E-state index in [1.54, 1.807) is 17.8 Å². The third kappa shape index (κ3) is 5.57. The maximum absolute atomic E-state index is 11.8. The molecular formula is C26H36ClN11O3. The van der Waals surface area contributed by atoms with Crippen molar-refractivity contribution in [1.29, 1.82) is 0 Å². The maximum atomic E-state index is 11.8. The monoisotopic (exact) mass is 585 g/mol.